The molecule has 0 aromatic rings. The van der Waals surface area contributed by atoms with Crippen LogP contribution in [-0.2, 0) is 0 Å². The molecule has 1 saturated heterocycles. The summed E-state index contributed by atoms with van der Waals surface area (Å²) in [6.07, 6.45) is 11.8. The normalized spacial score (nSPS) is 34.3. The van der Waals surface area contributed by atoms with Crippen LogP contribution in [0.1, 0.15) is 64.2 Å². The van der Waals surface area contributed by atoms with E-state index >= 15 is 0 Å². The molecule has 1 aliphatic heterocycles. The third-order valence-corrected chi connectivity index (χ3v) is 6.65. The lowest BCUT2D eigenvalue weighted by Crippen LogP contribution is -3.34. The van der Waals surface area contributed by atoms with Crippen molar-refractivity contribution in [3.63, 3.8) is 0 Å². The zero-order valence-corrected chi connectivity index (χ0v) is 13.8. The zero-order valence-electron chi connectivity index (χ0n) is 13.8. The Balaban J connectivity index is 1.65. The smallest absolute Gasteiger partial charge is 0.185 e. The van der Waals surface area contributed by atoms with Gasteiger partial charge in [0.15, 0.2) is 11.1 Å². The van der Waals surface area contributed by atoms with Crippen molar-refractivity contribution in [2.75, 3.05) is 26.2 Å². The van der Waals surface area contributed by atoms with E-state index in [4.69, 9.17) is 0 Å². The lowest BCUT2D eigenvalue weighted by Gasteiger charge is -2.45. The summed E-state index contributed by atoms with van der Waals surface area (Å²) in [6.45, 7) is 4.30. The summed E-state index contributed by atoms with van der Waals surface area (Å²) < 4.78 is 0. The maximum Gasteiger partial charge on any atom is 0.185 e. The average Bonchev–Trinajstić information content (AvgIpc) is 2.63. The van der Waals surface area contributed by atoms with Crippen molar-refractivity contribution in [3.05, 3.63) is 0 Å². The van der Waals surface area contributed by atoms with Crippen LogP contribution in [0.2, 0.25) is 0 Å². The predicted molar refractivity (Wildman–Crippen MR) is 84.3 cm³/mol. The van der Waals surface area contributed by atoms with E-state index in [1.165, 1.54) is 48.3 Å². The highest BCUT2D eigenvalue weighted by molar-refractivity contribution is 5.03. The van der Waals surface area contributed by atoms with Crippen molar-refractivity contribution in [2.45, 2.75) is 75.3 Å². The van der Waals surface area contributed by atoms with Crippen LogP contribution in [0, 0.1) is 22.7 Å². The minimum Gasteiger partial charge on any atom is -0.309 e. The zero-order chi connectivity index (χ0) is 15.5. The Morgan fingerprint density at radius 3 is 1.14 bits per heavy atom. The average molecular weight is 302 g/mol. The van der Waals surface area contributed by atoms with Gasteiger partial charge in [-0.1, -0.05) is 12.8 Å². The van der Waals surface area contributed by atoms with E-state index in [2.05, 4.69) is 12.1 Å². The Bertz CT molecular complexity index is 408. The van der Waals surface area contributed by atoms with Gasteiger partial charge in [0.1, 0.15) is 38.3 Å². The van der Waals surface area contributed by atoms with Crippen molar-refractivity contribution in [1.29, 1.82) is 10.5 Å². The molecule has 2 saturated carbocycles. The first-order valence-corrected chi connectivity index (χ1v) is 9.28. The summed E-state index contributed by atoms with van der Waals surface area (Å²) in [6, 6.07) is 5.39. The van der Waals surface area contributed by atoms with Crippen LogP contribution in [-0.4, -0.2) is 37.3 Å². The molecular weight excluding hydrogens is 272 g/mol. The second kappa shape index (κ2) is 6.57. The molecule has 3 aliphatic rings. The van der Waals surface area contributed by atoms with Gasteiger partial charge in [0.2, 0.25) is 0 Å². The van der Waals surface area contributed by atoms with E-state index in [1.54, 1.807) is 0 Å². The van der Waals surface area contributed by atoms with E-state index < -0.39 is 0 Å². The molecule has 3 fully saturated rings. The standard InChI is InChI=1S/C18H28N4/c19-15-17(7-3-1-4-8-17)21-11-13-22(14-12-21)18(16-20)9-5-2-6-10-18/h1-14H2/p+2. The van der Waals surface area contributed by atoms with E-state index in [-0.39, 0.29) is 11.1 Å². The van der Waals surface area contributed by atoms with Crippen LogP contribution in [0.5, 0.6) is 0 Å². The molecule has 0 spiro atoms. The lowest BCUT2D eigenvalue weighted by molar-refractivity contribution is -1.05. The maximum atomic E-state index is 9.78. The van der Waals surface area contributed by atoms with Crippen LogP contribution < -0.4 is 9.80 Å². The second-order valence-corrected chi connectivity index (χ2v) is 7.72. The third-order valence-electron chi connectivity index (χ3n) is 6.65. The van der Waals surface area contributed by atoms with Crippen LogP contribution in [0.4, 0.5) is 0 Å². The van der Waals surface area contributed by atoms with Crippen molar-refractivity contribution in [3.8, 4) is 12.1 Å². The van der Waals surface area contributed by atoms with Crippen LogP contribution in [0.3, 0.4) is 0 Å². The van der Waals surface area contributed by atoms with Gasteiger partial charge in [-0.25, -0.2) is 0 Å². The molecular formula is C18H30N4+2. The Kier molecular flexibility index (Phi) is 4.71. The first kappa shape index (κ1) is 15.8. The molecule has 120 valence electrons. The van der Waals surface area contributed by atoms with Crippen LogP contribution >= 0.6 is 0 Å². The van der Waals surface area contributed by atoms with Gasteiger partial charge < -0.3 is 9.80 Å². The highest BCUT2D eigenvalue weighted by Crippen LogP contribution is 2.26. The Morgan fingerprint density at radius 1 is 0.545 bits per heavy atom. The Morgan fingerprint density at radius 2 is 0.864 bits per heavy atom. The van der Waals surface area contributed by atoms with E-state index in [9.17, 15) is 10.5 Å². The summed E-state index contributed by atoms with van der Waals surface area (Å²) in [5.74, 6) is 0. The van der Waals surface area contributed by atoms with Crippen molar-refractivity contribution in [1.82, 2.24) is 0 Å². The molecule has 0 aromatic carbocycles. The number of rotatable bonds is 2. The number of nitriles is 2. The number of hydrogen-bond donors (Lipinski definition) is 2. The largest absolute Gasteiger partial charge is 0.309 e. The molecule has 2 aliphatic carbocycles. The molecule has 0 radical (unpaired) electrons. The van der Waals surface area contributed by atoms with Gasteiger partial charge in [0.25, 0.3) is 0 Å². The number of piperazine rings is 1. The van der Waals surface area contributed by atoms with Gasteiger partial charge in [-0.05, 0) is 25.7 Å². The van der Waals surface area contributed by atoms with Gasteiger partial charge in [0.05, 0.1) is 0 Å². The predicted octanol–water partition coefficient (Wildman–Crippen LogP) is 0.223. The maximum absolute atomic E-state index is 9.78. The van der Waals surface area contributed by atoms with Crippen LogP contribution in [0.15, 0.2) is 0 Å². The quantitative estimate of drug-likeness (QED) is 0.767. The van der Waals surface area contributed by atoms with E-state index in [1.807, 2.05) is 0 Å². The molecule has 4 nitrogen and oxygen atoms in total. The molecule has 3 rings (SSSR count). The Hall–Kier alpha value is -1.10. The number of nitrogens with one attached hydrogen (secondary N) is 2. The minimum absolute atomic E-state index is 0.115. The topological polar surface area (TPSA) is 56.5 Å². The fraction of sp³-hybridized carbons (Fsp3) is 0.889. The molecule has 1 heterocycles. The molecule has 0 atom stereocenters. The third kappa shape index (κ3) is 2.75. The fourth-order valence-corrected chi connectivity index (χ4v) is 5.21. The summed E-state index contributed by atoms with van der Waals surface area (Å²) in [5.41, 5.74) is -0.230. The summed E-state index contributed by atoms with van der Waals surface area (Å²) in [4.78, 5) is 3.03. The molecule has 2 N–H and O–H groups in total. The van der Waals surface area contributed by atoms with E-state index in [0.717, 1.165) is 51.9 Å². The molecule has 0 bridgehead atoms. The molecule has 0 amide bonds. The molecule has 0 aromatic heterocycles. The highest BCUT2D eigenvalue weighted by atomic mass is 15.3. The lowest BCUT2D eigenvalue weighted by atomic mass is 9.79. The SMILES string of the molecule is N#CC1([NH+]2CC[NH+](C3(C#N)CCCCC3)CC2)CCCCC1. The van der Waals surface area contributed by atoms with Gasteiger partial charge in [-0.3, -0.25) is 0 Å². The molecule has 22 heavy (non-hydrogen) atoms. The van der Waals surface area contributed by atoms with E-state index in [0.29, 0.717) is 0 Å². The summed E-state index contributed by atoms with van der Waals surface area (Å²) >= 11 is 0. The van der Waals surface area contributed by atoms with Gasteiger partial charge in [0, 0.05) is 25.7 Å². The second-order valence-electron chi connectivity index (χ2n) is 7.72. The van der Waals surface area contributed by atoms with Crippen molar-refractivity contribution in [2.24, 2.45) is 0 Å². The van der Waals surface area contributed by atoms with Crippen LogP contribution in [0.25, 0.3) is 0 Å². The number of quaternary nitrogens is 2. The minimum atomic E-state index is -0.115. The molecule has 0 unspecified atom stereocenters. The van der Waals surface area contributed by atoms with Crippen molar-refractivity contribution < 1.29 is 9.80 Å². The first-order valence-electron chi connectivity index (χ1n) is 9.28. The summed E-state index contributed by atoms with van der Waals surface area (Å²) in [7, 11) is 0. The van der Waals surface area contributed by atoms with Crippen molar-refractivity contribution >= 4 is 0 Å². The molecule has 4 heteroatoms. The fourth-order valence-electron chi connectivity index (χ4n) is 5.21. The Labute approximate surface area is 134 Å². The monoisotopic (exact) mass is 302 g/mol. The number of hydrogen-bond acceptors (Lipinski definition) is 2. The number of nitrogens with zero attached hydrogens (tertiary/aromatic N) is 2. The van der Waals surface area contributed by atoms with Gasteiger partial charge in [-0.2, -0.15) is 10.5 Å². The first-order chi connectivity index (χ1) is 10.7. The summed E-state index contributed by atoms with van der Waals surface area (Å²) in [5, 5.41) is 19.6. The van der Waals surface area contributed by atoms with Gasteiger partial charge in [-0.15, -0.1) is 0 Å². The van der Waals surface area contributed by atoms with Gasteiger partial charge >= 0.3 is 0 Å². The highest BCUT2D eigenvalue weighted by Gasteiger charge is 2.49.